The molecule has 0 bridgehead atoms. The van der Waals surface area contributed by atoms with E-state index in [-0.39, 0.29) is 12.2 Å². The zero-order chi connectivity index (χ0) is 17.7. The molecule has 0 aliphatic carbocycles. The highest BCUT2D eigenvalue weighted by Gasteiger charge is 2.26. The van der Waals surface area contributed by atoms with Gasteiger partial charge in [0.25, 0.3) is 0 Å². The van der Waals surface area contributed by atoms with E-state index in [1.807, 2.05) is 41.5 Å². The molecule has 0 saturated carbocycles. The molecule has 2 amide bonds. The van der Waals surface area contributed by atoms with Crippen LogP contribution < -0.4 is 5.32 Å². The van der Waals surface area contributed by atoms with Gasteiger partial charge >= 0.3 is 12.2 Å². The molecule has 1 N–H and O–H groups in total. The average molecular weight is 328 g/mol. The van der Waals surface area contributed by atoms with Gasteiger partial charge in [-0.05, 0) is 66.7 Å². The van der Waals surface area contributed by atoms with Gasteiger partial charge in [0.05, 0.1) is 0 Å². The second-order valence-electron chi connectivity index (χ2n) is 8.13. The number of ether oxygens (including phenoxy) is 2. The third-order valence-electron chi connectivity index (χ3n) is 3.49. The van der Waals surface area contributed by atoms with Crippen LogP contribution in [0.4, 0.5) is 9.59 Å². The van der Waals surface area contributed by atoms with Crippen LogP contribution in [0, 0.1) is 5.92 Å². The van der Waals surface area contributed by atoms with Gasteiger partial charge in [0, 0.05) is 19.6 Å². The molecule has 23 heavy (non-hydrogen) atoms. The summed E-state index contributed by atoms with van der Waals surface area (Å²) < 4.78 is 10.6. The Morgan fingerprint density at radius 1 is 1.00 bits per heavy atom. The number of carbonyl (C=O) groups excluding carboxylic acids is 2. The molecule has 0 aromatic rings. The summed E-state index contributed by atoms with van der Waals surface area (Å²) in [5.74, 6) is 0.517. The van der Waals surface area contributed by atoms with Crippen LogP contribution in [0.1, 0.15) is 60.8 Å². The van der Waals surface area contributed by atoms with Crippen molar-refractivity contribution < 1.29 is 19.1 Å². The lowest BCUT2D eigenvalue weighted by Crippen LogP contribution is -2.42. The van der Waals surface area contributed by atoms with Crippen LogP contribution in [-0.4, -0.2) is 47.9 Å². The Kier molecular flexibility index (Phi) is 6.71. The Morgan fingerprint density at radius 3 is 2.00 bits per heavy atom. The van der Waals surface area contributed by atoms with E-state index in [1.54, 1.807) is 4.90 Å². The largest absolute Gasteiger partial charge is 0.444 e. The number of hydrogen-bond donors (Lipinski definition) is 1. The van der Waals surface area contributed by atoms with Crippen molar-refractivity contribution in [2.75, 3.05) is 19.6 Å². The lowest BCUT2D eigenvalue weighted by molar-refractivity contribution is 0.0181. The molecule has 0 aromatic heterocycles. The van der Waals surface area contributed by atoms with E-state index >= 15 is 0 Å². The molecule has 0 unspecified atom stereocenters. The van der Waals surface area contributed by atoms with Crippen molar-refractivity contribution in [3.05, 3.63) is 0 Å². The van der Waals surface area contributed by atoms with Crippen LogP contribution in [0.2, 0.25) is 0 Å². The molecule has 134 valence electrons. The van der Waals surface area contributed by atoms with E-state index in [4.69, 9.17) is 9.47 Å². The summed E-state index contributed by atoms with van der Waals surface area (Å²) in [5.41, 5.74) is -0.923. The molecule has 6 nitrogen and oxygen atoms in total. The Morgan fingerprint density at radius 2 is 1.52 bits per heavy atom. The standard InChI is InChI=1S/C17H32N2O4/c1-16(2,3)22-14(20)18-10-7-13-8-11-19(12-9-13)15(21)23-17(4,5)6/h13H,7-12H2,1-6H3,(H,18,20). The number of amides is 2. The number of alkyl carbamates (subject to hydrolysis) is 1. The third-order valence-corrected chi connectivity index (χ3v) is 3.49. The molecule has 1 heterocycles. The predicted molar refractivity (Wildman–Crippen MR) is 89.4 cm³/mol. The smallest absolute Gasteiger partial charge is 0.410 e. The van der Waals surface area contributed by atoms with Crippen molar-refractivity contribution in [1.29, 1.82) is 0 Å². The van der Waals surface area contributed by atoms with E-state index in [2.05, 4.69) is 5.32 Å². The molecule has 6 heteroatoms. The third kappa shape index (κ3) is 8.67. The summed E-state index contributed by atoms with van der Waals surface area (Å²) >= 11 is 0. The Labute approximate surface area is 139 Å². The van der Waals surface area contributed by atoms with Gasteiger partial charge in [-0.2, -0.15) is 0 Å². The fourth-order valence-electron chi connectivity index (χ4n) is 2.42. The summed E-state index contributed by atoms with van der Waals surface area (Å²) in [6.45, 7) is 13.2. The molecule has 1 aliphatic heterocycles. The van der Waals surface area contributed by atoms with Gasteiger partial charge in [0.1, 0.15) is 11.2 Å². The van der Waals surface area contributed by atoms with Crippen LogP contribution in [0.15, 0.2) is 0 Å². The van der Waals surface area contributed by atoms with Crippen LogP contribution in [0.25, 0.3) is 0 Å². The second kappa shape index (κ2) is 7.88. The SMILES string of the molecule is CC(C)(C)OC(=O)NCCC1CCN(C(=O)OC(C)(C)C)CC1. The first-order chi connectivity index (χ1) is 10.5. The minimum atomic E-state index is -0.469. The maximum Gasteiger partial charge on any atom is 0.410 e. The summed E-state index contributed by atoms with van der Waals surface area (Å²) in [7, 11) is 0. The predicted octanol–water partition coefficient (Wildman–Crippen LogP) is 3.55. The van der Waals surface area contributed by atoms with Crippen LogP contribution >= 0.6 is 0 Å². The van der Waals surface area contributed by atoms with Crippen molar-refractivity contribution in [2.24, 2.45) is 5.92 Å². The number of likely N-dealkylation sites (tertiary alicyclic amines) is 1. The number of piperidine rings is 1. The van der Waals surface area contributed by atoms with Crippen LogP contribution in [0.3, 0.4) is 0 Å². The number of rotatable bonds is 3. The molecule has 1 saturated heterocycles. The number of carbonyl (C=O) groups is 2. The molecule has 1 fully saturated rings. The van der Waals surface area contributed by atoms with Gasteiger partial charge in [-0.15, -0.1) is 0 Å². The summed E-state index contributed by atoms with van der Waals surface area (Å²) in [5, 5.41) is 2.79. The van der Waals surface area contributed by atoms with Gasteiger partial charge in [-0.3, -0.25) is 0 Å². The normalized spacial score (nSPS) is 16.9. The Hall–Kier alpha value is -1.46. The quantitative estimate of drug-likeness (QED) is 0.860. The van der Waals surface area contributed by atoms with Gasteiger partial charge in [-0.25, -0.2) is 9.59 Å². The van der Waals surface area contributed by atoms with Crippen LogP contribution in [0.5, 0.6) is 0 Å². The second-order valence-corrected chi connectivity index (χ2v) is 8.13. The van der Waals surface area contributed by atoms with E-state index < -0.39 is 11.2 Å². The molecular weight excluding hydrogens is 296 g/mol. The topological polar surface area (TPSA) is 67.9 Å². The average Bonchev–Trinajstić information content (AvgIpc) is 2.35. The fraction of sp³-hybridized carbons (Fsp3) is 0.882. The summed E-state index contributed by atoms with van der Waals surface area (Å²) in [4.78, 5) is 25.3. The first kappa shape index (κ1) is 19.6. The highest BCUT2D eigenvalue weighted by Crippen LogP contribution is 2.21. The summed E-state index contributed by atoms with van der Waals surface area (Å²) in [6, 6.07) is 0. The molecule has 0 atom stereocenters. The molecule has 0 spiro atoms. The zero-order valence-electron chi connectivity index (χ0n) is 15.4. The molecular formula is C17H32N2O4. The van der Waals surface area contributed by atoms with Gasteiger partial charge in [-0.1, -0.05) is 0 Å². The van der Waals surface area contributed by atoms with Crippen molar-refractivity contribution in [2.45, 2.75) is 72.0 Å². The molecule has 0 radical (unpaired) electrons. The van der Waals surface area contributed by atoms with Crippen molar-refractivity contribution in [3.8, 4) is 0 Å². The van der Waals surface area contributed by atoms with Gasteiger partial charge < -0.3 is 19.7 Å². The molecule has 1 aliphatic rings. The van der Waals surface area contributed by atoms with E-state index in [0.717, 1.165) is 19.3 Å². The van der Waals surface area contributed by atoms with Crippen LogP contribution in [-0.2, 0) is 9.47 Å². The fourth-order valence-corrected chi connectivity index (χ4v) is 2.42. The highest BCUT2D eigenvalue weighted by molar-refractivity contribution is 5.68. The summed E-state index contributed by atoms with van der Waals surface area (Å²) in [6.07, 6.45) is 2.18. The maximum atomic E-state index is 12.0. The van der Waals surface area contributed by atoms with Crippen molar-refractivity contribution >= 4 is 12.2 Å². The highest BCUT2D eigenvalue weighted by atomic mass is 16.6. The van der Waals surface area contributed by atoms with E-state index in [9.17, 15) is 9.59 Å². The van der Waals surface area contributed by atoms with E-state index in [1.165, 1.54) is 0 Å². The van der Waals surface area contributed by atoms with Gasteiger partial charge in [0.15, 0.2) is 0 Å². The van der Waals surface area contributed by atoms with Gasteiger partial charge in [0.2, 0.25) is 0 Å². The first-order valence-electron chi connectivity index (χ1n) is 8.41. The Balaban J connectivity index is 2.22. The number of nitrogens with one attached hydrogen (secondary N) is 1. The van der Waals surface area contributed by atoms with Crippen molar-refractivity contribution in [1.82, 2.24) is 10.2 Å². The minimum Gasteiger partial charge on any atom is -0.444 e. The number of hydrogen-bond acceptors (Lipinski definition) is 4. The number of nitrogens with zero attached hydrogens (tertiary/aromatic N) is 1. The lowest BCUT2D eigenvalue weighted by atomic mass is 9.94. The first-order valence-corrected chi connectivity index (χ1v) is 8.41. The van der Waals surface area contributed by atoms with E-state index in [0.29, 0.717) is 25.6 Å². The molecule has 1 rings (SSSR count). The monoisotopic (exact) mass is 328 g/mol. The molecule has 0 aromatic carbocycles. The minimum absolute atomic E-state index is 0.233. The lowest BCUT2D eigenvalue weighted by Gasteiger charge is -2.33. The maximum absolute atomic E-state index is 12.0. The Bertz CT molecular complexity index is 399. The van der Waals surface area contributed by atoms with Crippen molar-refractivity contribution in [3.63, 3.8) is 0 Å². The zero-order valence-corrected chi connectivity index (χ0v) is 15.4.